The Hall–Kier alpha value is -1.00. The summed E-state index contributed by atoms with van der Waals surface area (Å²) in [6.07, 6.45) is 2.24. The van der Waals surface area contributed by atoms with Crippen molar-refractivity contribution in [1.82, 2.24) is 10.6 Å². The average Bonchev–Trinajstić information content (AvgIpc) is 2.43. The second-order valence-corrected chi connectivity index (χ2v) is 5.75. The van der Waals surface area contributed by atoms with Crippen molar-refractivity contribution in [2.24, 2.45) is 0 Å². The van der Waals surface area contributed by atoms with E-state index < -0.39 is 0 Å². The number of fused-ring (bicyclic) bond motifs is 1. The van der Waals surface area contributed by atoms with Crippen LogP contribution in [-0.2, 0) is 11.2 Å². The summed E-state index contributed by atoms with van der Waals surface area (Å²) in [5.41, 5.74) is 2.83. The lowest BCUT2D eigenvalue weighted by Crippen LogP contribution is -2.33. The zero-order chi connectivity index (χ0) is 13.0. The van der Waals surface area contributed by atoms with Crippen LogP contribution in [-0.4, -0.2) is 31.0 Å². The van der Waals surface area contributed by atoms with Gasteiger partial charge >= 0.3 is 0 Å². The van der Waals surface area contributed by atoms with Crippen LogP contribution in [0.3, 0.4) is 0 Å². The summed E-state index contributed by atoms with van der Waals surface area (Å²) in [4.78, 5) is 11.3. The quantitative estimate of drug-likeness (QED) is 0.870. The summed E-state index contributed by atoms with van der Waals surface area (Å²) in [5.74, 6) is 0.648. The van der Waals surface area contributed by atoms with Crippen molar-refractivity contribution in [1.29, 1.82) is 0 Å². The highest BCUT2D eigenvalue weighted by Gasteiger charge is 2.28. The van der Waals surface area contributed by atoms with Gasteiger partial charge in [-0.1, -0.05) is 24.3 Å². The van der Waals surface area contributed by atoms with Crippen LogP contribution in [0.2, 0.25) is 0 Å². The maximum atomic E-state index is 11.3. The number of amides is 1. The molecule has 0 aliphatic heterocycles. The van der Waals surface area contributed by atoms with Crippen molar-refractivity contribution in [3.05, 3.63) is 35.4 Å². The minimum absolute atomic E-state index is 0.105. The SMILES string of the molecule is CNC(=O)CSC1CCc2ccccc2C1NC. The molecule has 4 heteroatoms. The molecule has 0 aromatic heterocycles. The molecule has 1 aliphatic rings. The van der Waals surface area contributed by atoms with Crippen LogP contribution < -0.4 is 10.6 Å². The van der Waals surface area contributed by atoms with E-state index in [2.05, 4.69) is 34.9 Å². The minimum atomic E-state index is 0.105. The average molecular weight is 264 g/mol. The first kappa shape index (κ1) is 13.4. The molecule has 18 heavy (non-hydrogen) atoms. The van der Waals surface area contributed by atoms with Crippen molar-refractivity contribution in [2.75, 3.05) is 19.8 Å². The highest BCUT2D eigenvalue weighted by atomic mass is 32.2. The molecule has 0 bridgehead atoms. The number of thioether (sulfide) groups is 1. The molecule has 0 spiro atoms. The van der Waals surface area contributed by atoms with Crippen LogP contribution in [0.4, 0.5) is 0 Å². The van der Waals surface area contributed by atoms with E-state index in [4.69, 9.17) is 0 Å². The minimum Gasteiger partial charge on any atom is -0.358 e. The summed E-state index contributed by atoms with van der Waals surface area (Å²) < 4.78 is 0. The molecule has 1 amide bonds. The second-order valence-electron chi connectivity index (χ2n) is 4.53. The topological polar surface area (TPSA) is 41.1 Å². The Morgan fingerprint density at radius 2 is 2.17 bits per heavy atom. The third kappa shape index (κ3) is 2.87. The van der Waals surface area contributed by atoms with Crippen LogP contribution >= 0.6 is 11.8 Å². The monoisotopic (exact) mass is 264 g/mol. The maximum Gasteiger partial charge on any atom is 0.229 e. The molecular formula is C14H20N2OS. The molecule has 2 atom stereocenters. The van der Waals surface area contributed by atoms with E-state index in [1.807, 2.05) is 7.05 Å². The zero-order valence-corrected chi connectivity index (χ0v) is 11.7. The summed E-state index contributed by atoms with van der Waals surface area (Å²) in [6.45, 7) is 0. The Kier molecular flexibility index (Phi) is 4.66. The van der Waals surface area contributed by atoms with Crippen molar-refractivity contribution < 1.29 is 4.79 Å². The third-order valence-corrected chi connectivity index (χ3v) is 4.84. The van der Waals surface area contributed by atoms with E-state index in [1.165, 1.54) is 11.1 Å². The van der Waals surface area contributed by atoms with Gasteiger partial charge in [-0.3, -0.25) is 4.79 Å². The summed E-state index contributed by atoms with van der Waals surface area (Å²) in [5, 5.41) is 6.55. The summed E-state index contributed by atoms with van der Waals surface area (Å²) >= 11 is 1.75. The van der Waals surface area contributed by atoms with Gasteiger partial charge in [0.1, 0.15) is 0 Å². The number of nitrogens with one attached hydrogen (secondary N) is 2. The Balaban J connectivity index is 2.08. The fourth-order valence-electron chi connectivity index (χ4n) is 2.51. The Morgan fingerprint density at radius 3 is 2.89 bits per heavy atom. The molecule has 1 aliphatic carbocycles. The Bertz CT molecular complexity index is 422. The Morgan fingerprint density at radius 1 is 1.39 bits per heavy atom. The summed E-state index contributed by atoms with van der Waals surface area (Å²) in [7, 11) is 3.69. The largest absolute Gasteiger partial charge is 0.358 e. The van der Waals surface area contributed by atoms with Crippen molar-refractivity contribution >= 4 is 17.7 Å². The standard InChI is InChI=1S/C14H20N2OS/c1-15-13(17)9-18-12-8-7-10-5-3-4-6-11(10)14(12)16-2/h3-6,12,14,16H,7-9H2,1-2H3,(H,15,17). The fraction of sp³-hybridized carbons (Fsp3) is 0.500. The number of carbonyl (C=O) groups excluding carboxylic acids is 1. The first-order valence-corrected chi connectivity index (χ1v) is 7.38. The van der Waals surface area contributed by atoms with E-state index >= 15 is 0 Å². The van der Waals surface area contributed by atoms with Gasteiger partial charge < -0.3 is 10.6 Å². The molecule has 0 saturated carbocycles. The molecule has 0 heterocycles. The van der Waals surface area contributed by atoms with E-state index in [1.54, 1.807) is 18.8 Å². The van der Waals surface area contributed by atoms with E-state index in [-0.39, 0.29) is 5.91 Å². The lowest BCUT2D eigenvalue weighted by Gasteiger charge is -2.33. The number of hydrogen-bond donors (Lipinski definition) is 2. The van der Waals surface area contributed by atoms with E-state index in [9.17, 15) is 4.79 Å². The predicted octanol–water partition coefficient (Wildman–Crippen LogP) is 1.74. The van der Waals surface area contributed by atoms with Crippen molar-refractivity contribution in [2.45, 2.75) is 24.1 Å². The Labute approximate surface area is 113 Å². The van der Waals surface area contributed by atoms with Gasteiger partial charge in [-0.05, 0) is 31.0 Å². The maximum absolute atomic E-state index is 11.3. The van der Waals surface area contributed by atoms with Crippen LogP contribution in [0, 0.1) is 0 Å². The molecule has 1 aromatic rings. The molecule has 0 radical (unpaired) electrons. The molecule has 2 rings (SSSR count). The smallest absolute Gasteiger partial charge is 0.229 e. The molecule has 0 fully saturated rings. The van der Waals surface area contributed by atoms with E-state index in [0.29, 0.717) is 17.0 Å². The number of carbonyl (C=O) groups is 1. The van der Waals surface area contributed by atoms with Gasteiger partial charge in [0.2, 0.25) is 5.91 Å². The number of hydrogen-bond acceptors (Lipinski definition) is 3. The van der Waals surface area contributed by atoms with Gasteiger partial charge in [0.25, 0.3) is 0 Å². The first-order chi connectivity index (χ1) is 8.76. The number of aryl methyl sites for hydroxylation is 1. The predicted molar refractivity (Wildman–Crippen MR) is 76.9 cm³/mol. The molecule has 98 valence electrons. The summed E-state index contributed by atoms with van der Waals surface area (Å²) in [6, 6.07) is 8.95. The van der Waals surface area contributed by atoms with Gasteiger partial charge in [-0.15, -0.1) is 11.8 Å². The van der Waals surface area contributed by atoms with Gasteiger partial charge in [-0.2, -0.15) is 0 Å². The molecular weight excluding hydrogens is 244 g/mol. The van der Waals surface area contributed by atoms with Gasteiger partial charge in [0.15, 0.2) is 0 Å². The van der Waals surface area contributed by atoms with Crippen LogP contribution in [0.25, 0.3) is 0 Å². The molecule has 0 saturated heterocycles. The first-order valence-electron chi connectivity index (χ1n) is 6.33. The molecule has 3 nitrogen and oxygen atoms in total. The lowest BCUT2D eigenvalue weighted by atomic mass is 9.87. The lowest BCUT2D eigenvalue weighted by molar-refractivity contribution is -0.118. The zero-order valence-electron chi connectivity index (χ0n) is 10.9. The van der Waals surface area contributed by atoms with Crippen molar-refractivity contribution in [3.8, 4) is 0 Å². The second kappa shape index (κ2) is 6.25. The van der Waals surface area contributed by atoms with Crippen LogP contribution in [0.1, 0.15) is 23.6 Å². The van der Waals surface area contributed by atoms with Crippen LogP contribution in [0.15, 0.2) is 24.3 Å². The van der Waals surface area contributed by atoms with Crippen molar-refractivity contribution in [3.63, 3.8) is 0 Å². The van der Waals surface area contributed by atoms with E-state index in [0.717, 1.165) is 12.8 Å². The third-order valence-electron chi connectivity index (χ3n) is 3.48. The molecule has 2 unspecified atom stereocenters. The number of rotatable bonds is 4. The number of benzene rings is 1. The highest BCUT2D eigenvalue weighted by Crippen LogP contribution is 2.36. The molecule has 1 aromatic carbocycles. The van der Waals surface area contributed by atoms with Gasteiger partial charge in [0.05, 0.1) is 5.75 Å². The van der Waals surface area contributed by atoms with Gasteiger partial charge in [-0.25, -0.2) is 0 Å². The fourth-order valence-corrected chi connectivity index (χ4v) is 3.78. The van der Waals surface area contributed by atoms with Gasteiger partial charge in [0, 0.05) is 18.3 Å². The van der Waals surface area contributed by atoms with Crippen LogP contribution in [0.5, 0.6) is 0 Å². The normalized spacial score (nSPS) is 22.3. The highest BCUT2D eigenvalue weighted by molar-refractivity contribution is 8.00. The molecule has 2 N–H and O–H groups in total.